The van der Waals surface area contributed by atoms with Crippen LogP contribution in [0.4, 0.5) is 5.69 Å². The van der Waals surface area contributed by atoms with Crippen molar-refractivity contribution in [2.24, 2.45) is 0 Å². The average Bonchev–Trinajstić information content (AvgIpc) is 2.52. The first-order valence-electron chi connectivity index (χ1n) is 6.35. The Kier molecular flexibility index (Phi) is 2.56. The summed E-state index contributed by atoms with van der Waals surface area (Å²) in [6.07, 6.45) is 0.628. The lowest BCUT2D eigenvalue weighted by Crippen LogP contribution is -2.41. The third kappa shape index (κ3) is 1.88. The maximum absolute atomic E-state index is 12.7. The minimum atomic E-state index is -3.36. The highest BCUT2D eigenvalue weighted by molar-refractivity contribution is 7.93. The van der Waals surface area contributed by atoms with Gasteiger partial charge < -0.3 is 0 Å². The molecule has 1 aliphatic heterocycles. The van der Waals surface area contributed by atoms with Gasteiger partial charge in [0.15, 0.2) is 0 Å². The highest BCUT2D eigenvalue weighted by Gasteiger charge is 2.37. The highest BCUT2D eigenvalue weighted by Crippen LogP contribution is 2.42. The molecule has 3 nitrogen and oxygen atoms in total. The summed E-state index contributed by atoms with van der Waals surface area (Å²) in [7, 11) is -4.88. The summed E-state index contributed by atoms with van der Waals surface area (Å²) in [5, 5.41) is 1.87. The Morgan fingerprint density at radius 3 is 2.32 bits per heavy atom. The van der Waals surface area contributed by atoms with Crippen LogP contribution in [0.25, 0.3) is 10.8 Å². The van der Waals surface area contributed by atoms with E-state index in [4.69, 9.17) is 0 Å². The van der Waals surface area contributed by atoms with E-state index in [1.165, 1.54) is 0 Å². The van der Waals surface area contributed by atoms with Crippen LogP contribution in [0, 0.1) is 0 Å². The topological polar surface area (TPSA) is 37.4 Å². The normalized spacial score (nSPS) is 17.1. The zero-order chi connectivity index (χ0) is 13.8. The van der Waals surface area contributed by atoms with Crippen molar-refractivity contribution in [2.45, 2.75) is 24.5 Å². The molecule has 0 amide bonds. The van der Waals surface area contributed by atoms with E-state index in [0.29, 0.717) is 11.1 Å². The number of hydrogen-bond donors (Lipinski definition) is 0. The number of anilines is 1. The second-order valence-electron chi connectivity index (χ2n) is 6.20. The Hall–Kier alpha value is -1.33. The molecule has 0 spiro atoms. The molecular weight excluding hydrogens is 274 g/mol. The van der Waals surface area contributed by atoms with Crippen LogP contribution in [0.3, 0.4) is 0 Å². The molecule has 0 N–H and O–H groups in total. The largest absolute Gasteiger partial charge is 0.269 e. The molecule has 2 aromatic rings. The summed E-state index contributed by atoms with van der Waals surface area (Å²) in [6, 6.07) is 11.3. The second-order valence-corrected chi connectivity index (χ2v) is 13.5. The molecule has 0 aliphatic carbocycles. The smallest absolute Gasteiger partial charge is 0.264 e. The Morgan fingerprint density at radius 1 is 1.05 bits per heavy atom. The lowest BCUT2D eigenvalue weighted by Gasteiger charge is -2.26. The lowest BCUT2D eigenvalue weighted by molar-refractivity contribution is 0.596. The molecule has 5 heteroatoms. The van der Waals surface area contributed by atoms with Crippen molar-refractivity contribution in [3.63, 3.8) is 0 Å². The quantitative estimate of drug-likeness (QED) is 0.797. The van der Waals surface area contributed by atoms with E-state index in [1.54, 1.807) is 10.4 Å². The molecular formula is C14H17NO2SSi. The van der Waals surface area contributed by atoms with Gasteiger partial charge in [0.2, 0.25) is 0 Å². The van der Waals surface area contributed by atoms with E-state index >= 15 is 0 Å². The first-order chi connectivity index (χ1) is 8.81. The number of hydrogen-bond acceptors (Lipinski definition) is 2. The van der Waals surface area contributed by atoms with Crippen molar-refractivity contribution in [3.8, 4) is 0 Å². The molecule has 19 heavy (non-hydrogen) atoms. The van der Waals surface area contributed by atoms with Gasteiger partial charge in [0.25, 0.3) is 10.0 Å². The van der Waals surface area contributed by atoms with E-state index in [9.17, 15) is 8.42 Å². The number of benzene rings is 2. The molecule has 0 saturated heterocycles. The molecule has 0 fully saturated rings. The molecule has 2 aromatic carbocycles. The van der Waals surface area contributed by atoms with E-state index < -0.39 is 18.1 Å². The summed E-state index contributed by atoms with van der Waals surface area (Å²) in [5.74, 6) is 0. The summed E-state index contributed by atoms with van der Waals surface area (Å²) >= 11 is 0. The first-order valence-corrected chi connectivity index (χ1v) is 11.5. The standard InChI is InChI=1S/C14H17NO2SSi/c1-19(2,3)10-15-12-8-4-6-11-7-5-9-13(14(11)12)18(15,16)17/h4-9H,10H2,1-3H3. The Bertz CT molecular complexity index is 757. The van der Waals surface area contributed by atoms with Gasteiger partial charge in [-0.05, 0) is 17.5 Å². The van der Waals surface area contributed by atoms with Crippen molar-refractivity contribution < 1.29 is 8.42 Å². The molecule has 0 bridgehead atoms. The van der Waals surface area contributed by atoms with Crippen LogP contribution in [0.15, 0.2) is 41.3 Å². The van der Waals surface area contributed by atoms with Crippen LogP contribution in [-0.4, -0.2) is 22.7 Å². The predicted molar refractivity (Wildman–Crippen MR) is 81.8 cm³/mol. The van der Waals surface area contributed by atoms with Crippen molar-refractivity contribution in [1.29, 1.82) is 0 Å². The maximum atomic E-state index is 12.7. The summed E-state index contributed by atoms with van der Waals surface area (Å²) in [6.45, 7) is 6.56. The minimum absolute atomic E-state index is 0.457. The van der Waals surface area contributed by atoms with Gasteiger partial charge >= 0.3 is 0 Å². The van der Waals surface area contributed by atoms with E-state index in [2.05, 4.69) is 19.6 Å². The van der Waals surface area contributed by atoms with Gasteiger partial charge in [-0.25, -0.2) is 8.42 Å². The summed E-state index contributed by atoms with van der Waals surface area (Å²) < 4.78 is 27.0. The SMILES string of the molecule is C[Si](C)(C)CN1c2cccc3cccc(c23)S1(=O)=O. The van der Waals surface area contributed by atoms with Gasteiger partial charge in [-0.15, -0.1) is 0 Å². The fourth-order valence-electron chi connectivity index (χ4n) is 2.56. The molecule has 3 rings (SSSR count). The van der Waals surface area contributed by atoms with Crippen LogP contribution in [0.2, 0.25) is 19.6 Å². The fourth-order valence-corrected chi connectivity index (χ4v) is 6.81. The van der Waals surface area contributed by atoms with Crippen molar-refractivity contribution in [2.75, 3.05) is 10.5 Å². The monoisotopic (exact) mass is 291 g/mol. The molecule has 100 valence electrons. The van der Waals surface area contributed by atoms with Crippen LogP contribution in [0.1, 0.15) is 0 Å². The van der Waals surface area contributed by atoms with Gasteiger partial charge in [-0.3, -0.25) is 4.31 Å². The Morgan fingerprint density at radius 2 is 1.68 bits per heavy atom. The third-order valence-corrected chi connectivity index (χ3v) is 6.60. The number of rotatable bonds is 2. The van der Waals surface area contributed by atoms with Crippen LogP contribution in [-0.2, 0) is 10.0 Å². The lowest BCUT2D eigenvalue weighted by atomic mass is 10.1. The van der Waals surface area contributed by atoms with Gasteiger partial charge in [0.1, 0.15) is 0 Å². The zero-order valence-corrected chi connectivity index (χ0v) is 13.2. The van der Waals surface area contributed by atoms with Gasteiger partial charge in [-0.1, -0.05) is 43.9 Å². The van der Waals surface area contributed by atoms with E-state index in [0.717, 1.165) is 16.5 Å². The summed E-state index contributed by atoms with van der Waals surface area (Å²) in [5.41, 5.74) is 0.843. The Labute approximate surface area is 114 Å². The fraction of sp³-hybridized carbons (Fsp3) is 0.286. The molecule has 1 heterocycles. The van der Waals surface area contributed by atoms with Crippen molar-refractivity contribution in [3.05, 3.63) is 36.4 Å². The molecule has 0 saturated carbocycles. The number of nitrogens with zero attached hydrogens (tertiary/aromatic N) is 1. The maximum Gasteiger partial charge on any atom is 0.264 e. The molecule has 0 atom stereocenters. The van der Waals surface area contributed by atoms with Gasteiger partial charge in [0, 0.05) is 11.6 Å². The minimum Gasteiger partial charge on any atom is -0.269 e. The zero-order valence-electron chi connectivity index (χ0n) is 11.3. The van der Waals surface area contributed by atoms with Crippen LogP contribution >= 0.6 is 0 Å². The van der Waals surface area contributed by atoms with E-state index in [1.807, 2.05) is 30.3 Å². The predicted octanol–water partition coefficient (Wildman–Crippen LogP) is 3.23. The van der Waals surface area contributed by atoms with Crippen molar-refractivity contribution >= 4 is 34.6 Å². The molecule has 0 unspecified atom stereocenters. The number of sulfonamides is 1. The van der Waals surface area contributed by atoms with Gasteiger partial charge in [-0.2, -0.15) is 0 Å². The molecule has 1 aliphatic rings. The first kappa shape index (κ1) is 12.7. The van der Waals surface area contributed by atoms with Crippen LogP contribution < -0.4 is 4.31 Å². The van der Waals surface area contributed by atoms with Crippen molar-refractivity contribution in [1.82, 2.24) is 0 Å². The average molecular weight is 291 g/mol. The van der Waals surface area contributed by atoms with Gasteiger partial charge in [0.05, 0.1) is 18.7 Å². The van der Waals surface area contributed by atoms with Crippen LogP contribution in [0.5, 0.6) is 0 Å². The summed E-state index contributed by atoms with van der Waals surface area (Å²) in [4.78, 5) is 0.457. The second kappa shape index (κ2) is 3.83. The Balaban J connectivity index is 2.30. The third-order valence-electron chi connectivity index (χ3n) is 3.30. The van der Waals surface area contributed by atoms with E-state index in [-0.39, 0.29) is 0 Å². The molecule has 0 radical (unpaired) electrons. The highest BCUT2D eigenvalue weighted by atomic mass is 32.2. The molecule has 0 aromatic heterocycles.